The summed E-state index contributed by atoms with van der Waals surface area (Å²) in [7, 11) is 0. The summed E-state index contributed by atoms with van der Waals surface area (Å²) in [4.78, 5) is 0.279. The number of nitrogens with one attached hydrogen (secondary N) is 1. The Balaban J connectivity index is 2.08. The van der Waals surface area contributed by atoms with Gasteiger partial charge in [-0.05, 0) is 29.8 Å². The van der Waals surface area contributed by atoms with Crippen LogP contribution in [0.15, 0.2) is 28.7 Å². The topological polar surface area (TPSA) is 51.0 Å². The fraction of sp³-hybridized carbons (Fsp3) is 0.273. The Morgan fingerprint density at radius 2 is 2.25 bits per heavy atom. The third kappa shape index (κ3) is 1.58. The third-order valence-electron chi connectivity index (χ3n) is 2.67. The van der Waals surface area contributed by atoms with Gasteiger partial charge in [0.2, 0.25) is 5.89 Å². The Bertz CT molecular complexity index is 561. The standard InChI is InChI=1S/C11H10N2O2S/c16-11-13-12-10(15-11)9-8-4-2-1-3-7(8)5-6-14-9/h1-4,9H,5-6H2,(H,13,16). The zero-order valence-corrected chi connectivity index (χ0v) is 9.29. The first kappa shape index (κ1) is 9.74. The quantitative estimate of drug-likeness (QED) is 0.770. The van der Waals surface area contributed by atoms with Gasteiger partial charge in [-0.15, -0.1) is 5.10 Å². The van der Waals surface area contributed by atoms with E-state index in [1.54, 1.807) is 0 Å². The lowest BCUT2D eigenvalue weighted by atomic mass is 9.98. The number of rotatable bonds is 1. The van der Waals surface area contributed by atoms with Crippen LogP contribution in [0.4, 0.5) is 0 Å². The molecule has 1 aromatic carbocycles. The molecule has 1 unspecified atom stereocenters. The highest BCUT2D eigenvalue weighted by Gasteiger charge is 2.25. The Hall–Kier alpha value is -1.46. The highest BCUT2D eigenvalue weighted by molar-refractivity contribution is 7.71. The fourth-order valence-electron chi connectivity index (χ4n) is 1.95. The van der Waals surface area contributed by atoms with E-state index >= 15 is 0 Å². The largest absolute Gasteiger partial charge is 0.411 e. The van der Waals surface area contributed by atoms with Crippen LogP contribution in [-0.2, 0) is 11.2 Å². The van der Waals surface area contributed by atoms with Crippen molar-refractivity contribution in [3.63, 3.8) is 0 Å². The molecule has 2 heterocycles. The highest BCUT2D eigenvalue weighted by atomic mass is 32.1. The molecule has 0 aliphatic carbocycles. The van der Waals surface area contributed by atoms with Crippen molar-refractivity contribution in [2.75, 3.05) is 6.61 Å². The van der Waals surface area contributed by atoms with Gasteiger partial charge in [0.1, 0.15) is 0 Å². The van der Waals surface area contributed by atoms with Crippen molar-refractivity contribution in [1.29, 1.82) is 0 Å². The first-order valence-electron chi connectivity index (χ1n) is 5.09. The maximum atomic E-state index is 5.68. The van der Waals surface area contributed by atoms with Gasteiger partial charge in [0.15, 0.2) is 6.10 Å². The number of aromatic amines is 1. The predicted octanol–water partition coefficient (Wildman–Crippen LogP) is 2.39. The summed E-state index contributed by atoms with van der Waals surface area (Å²) in [5, 5.41) is 6.63. The van der Waals surface area contributed by atoms with E-state index in [1.807, 2.05) is 18.2 Å². The monoisotopic (exact) mass is 234 g/mol. The maximum absolute atomic E-state index is 5.68. The molecule has 1 aliphatic heterocycles. The molecular formula is C11H10N2O2S. The molecule has 0 saturated carbocycles. The van der Waals surface area contributed by atoms with E-state index in [1.165, 1.54) is 5.56 Å². The highest BCUT2D eigenvalue weighted by Crippen LogP contribution is 2.31. The Kier molecular flexibility index (Phi) is 2.34. The summed E-state index contributed by atoms with van der Waals surface area (Å²) in [6.07, 6.45) is 0.690. The van der Waals surface area contributed by atoms with Crippen molar-refractivity contribution in [3.05, 3.63) is 46.1 Å². The molecule has 0 saturated heterocycles. The predicted molar refractivity (Wildman–Crippen MR) is 59.6 cm³/mol. The van der Waals surface area contributed by atoms with Gasteiger partial charge in [-0.3, -0.25) is 0 Å². The minimum absolute atomic E-state index is 0.238. The maximum Gasteiger partial charge on any atom is 0.284 e. The van der Waals surface area contributed by atoms with Gasteiger partial charge in [0.05, 0.1) is 6.61 Å². The van der Waals surface area contributed by atoms with Crippen molar-refractivity contribution in [2.24, 2.45) is 0 Å². The molecule has 0 bridgehead atoms. The van der Waals surface area contributed by atoms with E-state index < -0.39 is 0 Å². The van der Waals surface area contributed by atoms with E-state index in [0.29, 0.717) is 12.5 Å². The van der Waals surface area contributed by atoms with Gasteiger partial charge in [0, 0.05) is 0 Å². The number of fused-ring (bicyclic) bond motifs is 1. The molecule has 0 fully saturated rings. The second-order valence-corrected chi connectivity index (χ2v) is 4.02. The Morgan fingerprint density at radius 1 is 1.38 bits per heavy atom. The molecule has 1 N–H and O–H groups in total. The SMILES string of the molecule is S=c1[nH]nc(C2OCCc3ccccc32)o1. The number of hydrogen-bond donors (Lipinski definition) is 1. The van der Waals surface area contributed by atoms with Crippen LogP contribution in [-0.4, -0.2) is 16.8 Å². The van der Waals surface area contributed by atoms with Crippen LogP contribution in [0.1, 0.15) is 23.1 Å². The lowest BCUT2D eigenvalue weighted by Crippen LogP contribution is -2.17. The summed E-state index contributed by atoms with van der Waals surface area (Å²) < 4.78 is 11.0. The van der Waals surface area contributed by atoms with Gasteiger partial charge in [-0.25, -0.2) is 5.10 Å². The number of ether oxygens (including phenoxy) is 1. The van der Waals surface area contributed by atoms with Crippen LogP contribution in [0.5, 0.6) is 0 Å². The summed E-state index contributed by atoms with van der Waals surface area (Å²) >= 11 is 4.86. The first-order valence-corrected chi connectivity index (χ1v) is 5.50. The molecule has 4 nitrogen and oxygen atoms in total. The Labute approximate surface area is 97.3 Å². The van der Waals surface area contributed by atoms with E-state index in [0.717, 1.165) is 12.0 Å². The smallest absolute Gasteiger partial charge is 0.284 e. The van der Waals surface area contributed by atoms with E-state index in [4.69, 9.17) is 21.4 Å². The fourth-order valence-corrected chi connectivity index (χ4v) is 2.08. The van der Waals surface area contributed by atoms with E-state index in [2.05, 4.69) is 16.3 Å². The van der Waals surface area contributed by atoms with Crippen LogP contribution in [0, 0.1) is 4.84 Å². The molecule has 0 amide bonds. The molecule has 3 rings (SSSR count). The van der Waals surface area contributed by atoms with Crippen LogP contribution in [0.2, 0.25) is 0 Å². The molecular weight excluding hydrogens is 224 g/mol. The lowest BCUT2D eigenvalue weighted by Gasteiger charge is -2.23. The van der Waals surface area contributed by atoms with Gasteiger partial charge in [-0.2, -0.15) is 0 Å². The molecule has 16 heavy (non-hydrogen) atoms. The molecule has 5 heteroatoms. The van der Waals surface area contributed by atoms with Crippen LogP contribution in [0.3, 0.4) is 0 Å². The van der Waals surface area contributed by atoms with Gasteiger partial charge < -0.3 is 9.15 Å². The first-order chi connectivity index (χ1) is 7.84. The molecule has 1 aromatic heterocycles. The minimum Gasteiger partial charge on any atom is -0.411 e. The Morgan fingerprint density at radius 3 is 3.06 bits per heavy atom. The van der Waals surface area contributed by atoms with Gasteiger partial charge in [-0.1, -0.05) is 24.3 Å². The van der Waals surface area contributed by atoms with E-state index in [9.17, 15) is 0 Å². The summed E-state index contributed by atoms with van der Waals surface area (Å²) in [6, 6.07) is 8.15. The summed E-state index contributed by atoms with van der Waals surface area (Å²) in [5.41, 5.74) is 2.39. The van der Waals surface area contributed by atoms with Crippen molar-refractivity contribution >= 4 is 12.2 Å². The zero-order chi connectivity index (χ0) is 11.0. The number of nitrogens with zero attached hydrogens (tertiary/aromatic N) is 1. The molecule has 1 atom stereocenters. The van der Waals surface area contributed by atoms with Crippen LogP contribution >= 0.6 is 12.2 Å². The molecule has 82 valence electrons. The third-order valence-corrected chi connectivity index (χ3v) is 2.85. The average Bonchev–Trinajstić information content (AvgIpc) is 2.75. The minimum atomic E-state index is -0.238. The molecule has 0 radical (unpaired) electrons. The summed E-state index contributed by atoms with van der Waals surface area (Å²) in [6.45, 7) is 0.677. The normalized spacial score (nSPS) is 19.4. The van der Waals surface area contributed by atoms with E-state index in [-0.39, 0.29) is 10.9 Å². The summed E-state index contributed by atoms with van der Waals surface area (Å²) in [5.74, 6) is 0.497. The lowest BCUT2D eigenvalue weighted by molar-refractivity contribution is 0.0512. The number of benzene rings is 1. The van der Waals surface area contributed by atoms with Crippen molar-refractivity contribution in [2.45, 2.75) is 12.5 Å². The number of aromatic nitrogens is 2. The molecule has 2 aromatic rings. The average molecular weight is 234 g/mol. The van der Waals surface area contributed by atoms with Crippen molar-refractivity contribution in [1.82, 2.24) is 10.2 Å². The molecule has 1 aliphatic rings. The second-order valence-electron chi connectivity index (χ2n) is 3.65. The number of H-pyrrole nitrogens is 1. The van der Waals surface area contributed by atoms with Crippen molar-refractivity contribution in [3.8, 4) is 0 Å². The number of hydrogen-bond acceptors (Lipinski definition) is 4. The zero-order valence-electron chi connectivity index (χ0n) is 8.47. The van der Waals surface area contributed by atoms with Gasteiger partial charge in [0.25, 0.3) is 4.84 Å². The second kappa shape index (κ2) is 3.84. The van der Waals surface area contributed by atoms with Crippen LogP contribution < -0.4 is 0 Å². The van der Waals surface area contributed by atoms with Gasteiger partial charge >= 0.3 is 0 Å². The molecule has 0 spiro atoms. The van der Waals surface area contributed by atoms with Crippen LogP contribution in [0.25, 0.3) is 0 Å². The van der Waals surface area contributed by atoms with Crippen molar-refractivity contribution < 1.29 is 9.15 Å².